The number of fused-ring (bicyclic) bond motifs is 1. The second-order valence-electron chi connectivity index (χ2n) is 7.94. The van der Waals surface area contributed by atoms with Gasteiger partial charge in [-0.25, -0.2) is 14.2 Å². The molecule has 0 aliphatic rings. The predicted molar refractivity (Wildman–Crippen MR) is 134 cm³/mol. The molecule has 2 aromatic carbocycles. The predicted octanol–water partition coefficient (Wildman–Crippen LogP) is 0.911. The Kier molecular flexibility index (Phi) is 8.48. The van der Waals surface area contributed by atoms with Gasteiger partial charge in [0.05, 0.1) is 10.9 Å². The van der Waals surface area contributed by atoms with Crippen LogP contribution in [0.15, 0.2) is 64.2 Å². The van der Waals surface area contributed by atoms with Crippen LogP contribution in [-0.2, 0) is 20.8 Å². The summed E-state index contributed by atoms with van der Waals surface area (Å²) in [5.41, 5.74) is -0.342. The number of carboxylic acid groups (broad SMARTS) is 1. The van der Waals surface area contributed by atoms with Crippen molar-refractivity contribution in [3.8, 4) is 0 Å². The van der Waals surface area contributed by atoms with Gasteiger partial charge in [-0.1, -0.05) is 42.5 Å². The molecular formula is C24H26N4O6S. The fraction of sp³-hybridized carbons (Fsp3) is 0.292. The highest BCUT2D eigenvalue weighted by molar-refractivity contribution is 7.98. The molecule has 3 atom stereocenters. The first kappa shape index (κ1) is 25.8. The second-order valence-corrected chi connectivity index (χ2v) is 8.85. The Balaban J connectivity index is 1.94. The summed E-state index contributed by atoms with van der Waals surface area (Å²) < 4.78 is 0.850. The molecule has 0 radical (unpaired) electrons. The van der Waals surface area contributed by atoms with E-state index in [1.165, 1.54) is 18.7 Å². The van der Waals surface area contributed by atoms with Gasteiger partial charge in [0.2, 0.25) is 11.8 Å². The summed E-state index contributed by atoms with van der Waals surface area (Å²) in [6.45, 7) is 1.40. The average Bonchev–Trinajstić information content (AvgIpc) is 2.83. The van der Waals surface area contributed by atoms with Gasteiger partial charge >= 0.3 is 11.7 Å². The highest BCUT2D eigenvalue weighted by atomic mass is 32.2. The minimum absolute atomic E-state index is 0.0204. The van der Waals surface area contributed by atoms with Crippen LogP contribution < -0.4 is 21.9 Å². The van der Waals surface area contributed by atoms with Crippen LogP contribution in [0.2, 0.25) is 0 Å². The molecule has 3 unspecified atom stereocenters. The minimum Gasteiger partial charge on any atom is -0.480 e. The van der Waals surface area contributed by atoms with Crippen molar-refractivity contribution in [3.05, 3.63) is 81.0 Å². The van der Waals surface area contributed by atoms with Crippen molar-refractivity contribution in [2.75, 3.05) is 12.0 Å². The van der Waals surface area contributed by atoms with Gasteiger partial charge in [0, 0.05) is 12.2 Å². The molecule has 1 aromatic heterocycles. The van der Waals surface area contributed by atoms with Crippen LogP contribution in [0, 0.1) is 0 Å². The quantitative estimate of drug-likeness (QED) is 0.324. The monoisotopic (exact) mass is 498 g/mol. The number of nitrogens with zero attached hydrogens (tertiary/aromatic N) is 1. The summed E-state index contributed by atoms with van der Waals surface area (Å²) in [6, 6.07) is 11.8. The van der Waals surface area contributed by atoms with E-state index in [-0.39, 0.29) is 17.6 Å². The smallest absolute Gasteiger partial charge is 0.329 e. The number of carboxylic acids is 1. The molecule has 1 heterocycles. The number of hydrogen-bond acceptors (Lipinski definition) is 6. The summed E-state index contributed by atoms with van der Waals surface area (Å²) in [5, 5.41) is 14.4. The van der Waals surface area contributed by atoms with E-state index < -0.39 is 47.2 Å². The van der Waals surface area contributed by atoms with Crippen molar-refractivity contribution in [1.82, 2.24) is 20.2 Å². The van der Waals surface area contributed by atoms with E-state index in [0.717, 1.165) is 4.57 Å². The van der Waals surface area contributed by atoms with Gasteiger partial charge < -0.3 is 20.7 Å². The maximum atomic E-state index is 13.3. The average molecular weight is 499 g/mol. The van der Waals surface area contributed by atoms with Crippen molar-refractivity contribution in [3.63, 3.8) is 0 Å². The molecule has 10 nitrogen and oxygen atoms in total. The van der Waals surface area contributed by atoms with E-state index >= 15 is 0 Å². The standard InChI is InChI=1S/C24H26N4O6S/c1-14(20(29)26-18(13-35-2)23(32)33)25-21(30)19(12-15-8-4-3-5-9-15)28-22(31)16-10-6-7-11-17(16)27-24(28)34/h3-11,14,18-19H,12-13H2,1-2H3,(H,25,30)(H,26,29)(H,27,34)(H,32,33). The number of H-pyrrole nitrogens is 1. The molecule has 3 rings (SSSR count). The lowest BCUT2D eigenvalue weighted by molar-refractivity contribution is -0.141. The number of amides is 2. The van der Waals surface area contributed by atoms with E-state index in [0.29, 0.717) is 11.1 Å². The lowest BCUT2D eigenvalue weighted by Gasteiger charge is -2.23. The van der Waals surface area contributed by atoms with Crippen molar-refractivity contribution in [2.45, 2.75) is 31.5 Å². The molecule has 0 bridgehead atoms. The minimum atomic E-state index is -1.25. The number of rotatable bonds is 10. The summed E-state index contributed by atoms with van der Waals surface area (Å²) in [7, 11) is 0. The third-order valence-electron chi connectivity index (χ3n) is 5.42. The number of thioether (sulfide) groups is 1. The summed E-state index contributed by atoms with van der Waals surface area (Å²) in [5.74, 6) is -2.46. The van der Waals surface area contributed by atoms with Gasteiger partial charge in [-0.3, -0.25) is 14.4 Å². The zero-order valence-electron chi connectivity index (χ0n) is 19.2. The van der Waals surface area contributed by atoms with Crippen LogP contribution in [0.4, 0.5) is 0 Å². The van der Waals surface area contributed by atoms with Gasteiger partial charge in [0.15, 0.2) is 0 Å². The maximum Gasteiger partial charge on any atom is 0.329 e. The molecule has 0 fully saturated rings. The van der Waals surface area contributed by atoms with Crippen molar-refractivity contribution in [2.24, 2.45) is 0 Å². The number of para-hydroxylation sites is 1. The van der Waals surface area contributed by atoms with E-state index in [4.69, 9.17) is 0 Å². The molecule has 0 saturated heterocycles. The van der Waals surface area contributed by atoms with Crippen LogP contribution in [-0.4, -0.2) is 56.5 Å². The Labute approximate surface area is 204 Å². The Morgan fingerprint density at radius 2 is 1.66 bits per heavy atom. The Hall–Kier alpha value is -3.86. The number of hydrogen-bond donors (Lipinski definition) is 4. The van der Waals surface area contributed by atoms with Crippen LogP contribution in [0.1, 0.15) is 18.5 Å². The van der Waals surface area contributed by atoms with Crippen molar-refractivity contribution < 1.29 is 19.5 Å². The summed E-state index contributed by atoms with van der Waals surface area (Å²) in [6.07, 6.45) is 1.73. The fourth-order valence-corrected chi connectivity index (χ4v) is 4.17. The normalized spacial score (nSPS) is 13.5. The van der Waals surface area contributed by atoms with Crippen molar-refractivity contribution in [1.29, 1.82) is 0 Å². The van der Waals surface area contributed by atoms with E-state index in [1.54, 1.807) is 60.9 Å². The van der Waals surface area contributed by atoms with Gasteiger partial charge in [-0.05, 0) is 30.9 Å². The molecule has 0 aliphatic heterocycles. The molecular weight excluding hydrogens is 472 g/mol. The second kappa shape index (κ2) is 11.5. The third kappa shape index (κ3) is 6.18. The van der Waals surface area contributed by atoms with Gasteiger partial charge in [0.25, 0.3) is 5.56 Å². The largest absolute Gasteiger partial charge is 0.480 e. The first-order valence-electron chi connectivity index (χ1n) is 10.8. The number of aliphatic carboxylic acids is 1. The topological polar surface area (TPSA) is 150 Å². The van der Waals surface area contributed by atoms with Gasteiger partial charge in [0.1, 0.15) is 18.1 Å². The number of aromatic amines is 1. The van der Waals surface area contributed by atoms with Crippen LogP contribution >= 0.6 is 11.8 Å². The van der Waals surface area contributed by atoms with Crippen molar-refractivity contribution >= 4 is 40.4 Å². The molecule has 11 heteroatoms. The van der Waals surface area contributed by atoms with Crippen LogP contribution in [0.25, 0.3) is 10.9 Å². The number of nitrogens with one attached hydrogen (secondary N) is 3. The van der Waals surface area contributed by atoms with E-state index in [2.05, 4.69) is 15.6 Å². The Morgan fingerprint density at radius 1 is 1.00 bits per heavy atom. The molecule has 0 spiro atoms. The lowest BCUT2D eigenvalue weighted by Crippen LogP contribution is -2.53. The summed E-state index contributed by atoms with van der Waals surface area (Å²) in [4.78, 5) is 66.0. The molecule has 2 amide bonds. The van der Waals surface area contributed by atoms with E-state index in [9.17, 15) is 29.1 Å². The molecule has 0 saturated carbocycles. The van der Waals surface area contributed by atoms with Crippen LogP contribution in [0.3, 0.4) is 0 Å². The summed E-state index contributed by atoms with van der Waals surface area (Å²) >= 11 is 1.25. The first-order chi connectivity index (χ1) is 16.7. The van der Waals surface area contributed by atoms with E-state index in [1.807, 2.05) is 0 Å². The highest BCUT2D eigenvalue weighted by Gasteiger charge is 2.29. The maximum absolute atomic E-state index is 13.3. The highest BCUT2D eigenvalue weighted by Crippen LogP contribution is 2.14. The molecule has 35 heavy (non-hydrogen) atoms. The Morgan fingerprint density at radius 3 is 2.31 bits per heavy atom. The molecule has 0 aliphatic carbocycles. The zero-order chi connectivity index (χ0) is 25.5. The van der Waals surface area contributed by atoms with Gasteiger partial charge in [-0.15, -0.1) is 0 Å². The number of carbonyl (C=O) groups is 3. The Bertz CT molecular complexity index is 1340. The van der Waals surface area contributed by atoms with Crippen LogP contribution in [0.5, 0.6) is 0 Å². The lowest BCUT2D eigenvalue weighted by atomic mass is 10.0. The number of benzene rings is 2. The number of aromatic nitrogens is 2. The fourth-order valence-electron chi connectivity index (χ4n) is 3.61. The SMILES string of the molecule is CSCC(NC(=O)C(C)NC(=O)C(Cc1ccccc1)n1c(=O)[nH]c2ccccc2c1=O)C(=O)O. The molecule has 4 N–H and O–H groups in total. The molecule has 3 aromatic rings. The first-order valence-corrected chi connectivity index (χ1v) is 12.2. The zero-order valence-corrected chi connectivity index (χ0v) is 20.0. The molecule has 184 valence electrons. The number of carbonyl (C=O) groups excluding carboxylic acids is 2. The third-order valence-corrected chi connectivity index (χ3v) is 6.09. The van der Waals surface area contributed by atoms with Gasteiger partial charge in [-0.2, -0.15) is 11.8 Å².